The van der Waals surface area contributed by atoms with E-state index >= 15 is 0 Å². The van der Waals surface area contributed by atoms with E-state index in [9.17, 15) is 4.39 Å². The van der Waals surface area contributed by atoms with Gasteiger partial charge in [0.25, 0.3) is 0 Å². The van der Waals surface area contributed by atoms with E-state index in [-0.39, 0.29) is 5.82 Å². The van der Waals surface area contributed by atoms with E-state index in [0.717, 1.165) is 70.5 Å². The number of nitrogens with two attached hydrogens (primary N) is 1. The maximum atomic E-state index is 14.1. The van der Waals surface area contributed by atoms with Crippen molar-refractivity contribution in [3.8, 4) is 0 Å². The number of hydrogen-bond acceptors (Lipinski definition) is 7. The molecule has 0 spiro atoms. The molecule has 2 saturated heterocycles. The van der Waals surface area contributed by atoms with Gasteiger partial charge >= 0.3 is 0 Å². The van der Waals surface area contributed by atoms with Gasteiger partial charge < -0.3 is 25.3 Å². The highest BCUT2D eigenvalue weighted by molar-refractivity contribution is 5.76. The predicted molar refractivity (Wildman–Crippen MR) is 112 cm³/mol. The molecule has 0 atom stereocenters. The monoisotopic (exact) mass is 385 g/mol. The zero-order chi connectivity index (χ0) is 19.5. The fraction of sp³-hybridized carbons (Fsp3) is 0.500. The molecule has 3 heterocycles. The van der Waals surface area contributed by atoms with E-state index in [1.54, 1.807) is 12.4 Å². The van der Waals surface area contributed by atoms with Gasteiger partial charge in [-0.15, -0.1) is 0 Å². The van der Waals surface area contributed by atoms with Crippen LogP contribution in [0.2, 0.25) is 0 Å². The lowest BCUT2D eigenvalue weighted by Crippen LogP contribution is -2.48. The van der Waals surface area contributed by atoms with E-state index in [2.05, 4.69) is 36.5 Å². The minimum atomic E-state index is -0.175. The van der Waals surface area contributed by atoms with E-state index in [0.29, 0.717) is 11.4 Å². The Hall–Kier alpha value is -2.61. The van der Waals surface area contributed by atoms with Gasteiger partial charge in [0.1, 0.15) is 17.8 Å². The minimum Gasteiger partial charge on any atom is -0.393 e. The average molecular weight is 385 g/mol. The second kappa shape index (κ2) is 8.18. The molecule has 2 aromatic rings. The first-order chi connectivity index (χ1) is 13.7. The molecule has 2 N–H and O–H groups in total. The highest BCUT2D eigenvalue weighted by atomic mass is 19.1. The molecule has 0 aliphatic carbocycles. The summed E-state index contributed by atoms with van der Waals surface area (Å²) in [6.45, 7) is 10.1. The summed E-state index contributed by atoms with van der Waals surface area (Å²) in [6, 6.07) is 6.93. The summed E-state index contributed by atoms with van der Waals surface area (Å²) >= 11 is 0. The summed E-state index contributed by atoms with van der Waals surface area (Å²) in [6.07, 6.45) is 1.61. The van der Waals surface area contributed by atoms with E-state index < -0.39 is 0 Å². The number of likely N-dealkylation sites (N-methyl/N-ethyl adjacent to an activating group) is 1. The zero-order valence-electron chi connectivity index (χ0n) is 16.4. The largest absolute Gasteiger partial charge is 0.393 e. The number of nitrogen functional groups attached to an aromatic ring is 1. The molecule has 0 unspecified atom stereocenters. The zero-order valence-corrected chi connectivity index (χ0v) is 16.4. The van der Waals surface area contributed by atoms with Gasteiger partial charge in [0.2, 0.25) is 0 Å². The van der Waals surface area contributed by atoms with Crippen molar-refractivity contribution in [2.24, 2.45) is 0 Å². The van der Waals surface area contributed by atoms with Gasteiger partial charge in [-0.1, -0.05) is 19.1 Å². The lowest BCUT2D eigenvalue weighted by atomic mass is 10.2. The van der Waals surface area contributed by atoms with Crippen molar-refractivity contribution in [2.75, 3.05) is 79.3 Å². The van der Waals surface area contributed by atoms with Crippen LogP contribution in [0, 0.1) is 5.82 Å². The number of nitrogens with zero attached hydrogens (tertiary/aromatic N) is 6. The third-order valence-corrected chi connectivity index (χ3v) is 5.73. The number of aromatic nitrogens is 2. The number of hydrogen-bond donors (Lipinski definition) is 1. The van der Waals surface area contributed by atoms with Gasteiger partial charge in [-0.3, -0.25) is 0 Å². The van der Waals surface area contributed by atoms with Crippen molar-refractivity contribution in [3.05, 3.63) is 36.4 Å². The first-order valence-electron chi connectivity index (χ1n) is 9.99. The Kier molecular flexibility index (Phi) is 5.47. The predicted octanol–water partition coefficient (Wildman–Crippen LogP) is 1.67. The third-order valence-electron chi connectivity index (χ3n) is 5.73. The maximum absolute atomic E-state index is 14.1. The Morgan fingerprint density at radius 3 is 1.96 bits per heavy atom. The number of rotatable bonds is 4. The van der Waals surface area contributed by atoms with Crippen LogP contribution in [0.1, 0.15) is 6.92 Å². The van der Waals surface area contributed by atoms with Gasteiger partial charge in [-0.25, -0.2) is 14.4 Å². The summed E-state index contributed by atoms with van der Waals surface area (Å²) < 4.78 is 14.1. The lowest BCUT2D eigenvalue weighted by molar-refractivity contribution is 0.270. The molecule has 2 aliphatic rings. The van der Waals surface area contributed by atoms with Crippen LogP contribution in [0.4, 0.5) is 27.4 Å². The Morgan fingerprint density at radius 2 is 1.39 bits per heavy atom. The molecule has 2 aliphatic heterocycles. The highest BCUT2D eigenvalue weighted by Gasteiger charge is 2.25. The van der Waals surface area contributed by atoms with Gasteiger partial charge in [0.15, 0.2) is 11.6 Å². The number of piperazine rings is 2. The summed E-state index contributed by atoms with van der Waals surface area (Å²) in [5.41, 5.74) is 7.79. The maximum Gasteiger partial charge on any atom is 0.157 e. The standard InChI is InChI=1S/C20H28FN7/c1-2-25-7-9-27(10-8-25)19-18(22)20(24-15-23-19)28-13-11-26(12-14-28)17-6-4-3-5-16(17)21/h3-6,15H,2,7-14,22H2,1H3. The fourth-order valence-electron chi connectivity index (χ4n) is 4.02. The molecular formula is C20H28FN7. The Labute approximate surface area is 165 Å². The molecule has 0 bridgehead atoms. The van der Waals surface area contributed by atoms with E-state index in [4.69, 9.17) is 5.73 Å². The van der Waals surface area contributed by atoms with Crippen LogP contribution >= 0.6 is 0 Å². The molecule has 1 aromatic carbocycles. The van der Waals surface area contributed by atoms with Crippen LogP contribution in [0.5, 0.6) is 0 Å². The van der Waals surface area contributed by atoms with Crippen molar-refractivity contribution in [3.63, 3.8) is 0 Å². The summed E-state index contributed by atoms with van der Waals surface area (Å²) in [5.74, 6) is 1.44. The number of halogens is 1. The normalized spacial score (nSPS) is 18.6. The van der Waals surface area contributed by atoms with Crippen molar-refractivity contribution in [1.29, 1.82) is 0 Å². The van der Waals surface area contributed by atoms with Crippen LogP contribution in [0.25, 0.3) is 0 Å². The second-order valence-corrected chi connectivity index (χ2v) is 7.28. The van der Waals surface area contributed by atoms with Gasteiger partial charge in [0.05, 0.1) is 5.69 Å². The second-order valence-electron chi connectivity index (χ2n) is 7.28. The van der Waals surface area contributed by atoms with Gasteiger partial charge in [0, 0.05) is 52.4 Å². The summed E-state index contributed by atoms with van der Waals surface area (Å²) in [4.78, 5) is 17.9. The third kappa shape index (κ3) is 3.69. The molecule has 0 saturated carbocycles. The first kappa shape index (κ1) is 18.7. The molecule has 0 amide bonds. The number of anilines is 4. The van der Waals surface area contributed by atoms with E-state index in [1.165, 1.54) is 6.07 Å². The molecule has 7 nitrogen and oxygen atoms in total. The number of para-hydroxylation sites is 1. The summed E-state index contributed by atoms with van der Waals surface area (Å²) in [7, 11) is 0. The van der Waals surface area contributed by atoms with Crippen LogP contribution in [-0.4, -0.2) is 73.8 Å². The van der Waals surface area contributed by atoms with Crippen molar-refractivity contribution < 1.29 is 4.39 Å². The van der Waals surface area contributed by atoms with Crippen molar-refractivity contribution in [1.82, 2.24) is 14.9 Å². The Morgan fingerprint density at radius 1 is 0.857 bits per heavy atom. The lowest BCUT2D eigenvalue weighted by Gasteiger charge is -2.38. The molecule has 4 rings (SSSR count). The summed E-state index contributed by atoms with van der Waals surface area (Å²) in [5, 5.41) is 0. The van der Waals surface area contributed by atoms with Crippen molar-refractivity contribution in [2.45, 2.75) is 6.92 Å². The van der Waals surface area contributed by atoms with Crippen LogP contribution in [0.15, 0.2) is 30.6 Å². The fourth-order valence-corrected chi connectivity index (χ4v) is 4.02. The molecule has 150 valence electrons. The smallest absolute Gasteiger partial charge is 0.157 e. The first-order valence-corrected chi connectivity index (χ1v) is 9.99. The molecule has 0 radical (unpaired) electrons. The highest BCUT2D eigenvalue weighted by Crippen LogP contribution is 2.31. The molecule has 2 fully saturated rings. The minimum absolute atomic E-state index is 0.175. The van der Waals surface area contributed by atoms with E-state index in [1.807, 2.05) is 12.1 Å². The molecule has 1 aromatic heterocycles. The quantitative estimate of drug-likeness (QED) is 0.859. The van der Waals surface area contributed by atoms with Gasteiger partial charge in [-0.05, 0) is 18.7 Å². The Balaban J connectivity index is 1.45. The Bertz CT molecular complexity index is 799. The molecular weight excluding hydrogens is 357 g/mol. The van der Waals surface area contributed by atoms with Crippen LogP contribution in [-0.2, 0) is 0 Å². The SMILES string of the molecule is CCN1CCN(c2ncnc(N3CCN(c4ccccc4F)CC3)c2N)CC1. The van der Waals surface area contributed by atoms with Crippen LogP contribution in [0.3, 0.4) is 0 Å². The average Bonchev–Trinajstić information content (AvgIpc) is 2.75. The van der Waals surface area contributed by atoms with Gasteiger partial charge in [-0.2, -0.15) is 0 Å². The van der Waals surface area contributed by atoms with Crippen LogP contribution < -0.4 is 20.4 Å². The number of benzene rings is 1. The molecule has 8 heteroatoms. The molecule has 28 heavy (non-hydrogen) atoms. The van der Waals surface area contributed by atoms with Crippen molar-refractivity contribution >= 4 is 23.0 Å². The topological polar surface area (TPSA) is 64.8 Å².